The van der Waals surface area contributed by atoms with Gasteiger partial charge in [-0.3, -0.25) is 14.4 Å². The second kappa shape index (κ2) is 8.74. The molecule has 0 spiro atoms. The number of hydrogen-bond donors (Lipinski definition) is 2. The Hall–Kier alpha value is -3.81. The minimum atomic E-state index is -0.248. The minimum Gasteiger partial charge on any atom is -0.454 e. The Morgan fingerprint density at radius 2 is 1.81 bits per heavy atom. The zero-order valence-corrected chi connectivity index (χ0v) is 18.3. The highest BCUT2D eigenvalue weighted by atomic mass is 16.7. The molecule has 8 heteroatoms. The number of nitrogens with zero attached hydrogens (tertiary/aromatic N) is 1. The Morgan fingerprint density at radius 1 is 1.06 bits per heavy atom. The lowest BCUT2D eigenvalue weighted by molar-refractivity contribution is -0.127. The fourth-order valence-electron chi connectivity index (χ4n) is 3.71. The van der Waals surface area contributed by atoms with Crippen LogP contribution in [0.5, 0.6) is 11.5 Å². The van der Waals surface area contributed by atoms with Crippen LogP contribution in [0.3, 0.4) is 0 Å². The highest BCUT2D eigenvalue weighted by molar-refractivity contribution is 6.36. The number of carbonyl (C=O) groups is 3. The molecule has 2 amide bonds. The summed E-state index contributed by atoms with van der Waals surface area (Å²) in [6.45, 7) is 4.31. The first-order chi connectivity index (χ1) is 15.3. The third kappa shape index (κ3) is 4.16. The van der Waals surface area contributed by atoms with Gasteiger partial charge in [0.05, 0.1) is 11.3 Å². The number of rotatable bonds is 7. The van der Waals surface area contributed by atoms with Gasteiger partial charge in [0, 0.05) is 49.4 Å². The Balaban J connectivity index is 1.73. The quantitative estimate of drug-likeness (QED) is 0.394. The van der Waals surface area contributed by atoms with E-state index in [4.69, 9.17) is 9.47 Å². The van der Waals surface area contributed by atoms with Crippen molar-refractivity contribution in [3.63, 3.8) is 0 Å². The van der Waals surface area contributed by atoms with Crippen LogP contribution in [-0.2, 0) is 9.59 Å². The molecule has 32 heavy (non-hydrogen) atoms. The van der Waals surface area contributed by atoms with E-state index in [-0.39, 0.29) is 24.4 Å². The van der Waals surface area contributed by atoms with E-state index in [1.54, 1.807) is 30.1 Å². The Morgan fingerprint density at radius 3 is 2.56 bits per heavy atom. The summed E-state index contributed by atoms with van der Waals surface area (Å²) in [7, 11) is 1.75. The van der Waals surface area contributed by atoms with Crippen LogP contribution in [0.25, 0.3) is 11.3 Å². The maximum atomic E-state index is 13.0. The number of ether oxygens (including phenoxy) is 2. The van der Waals surface area contributed by atoms with Crippen LogP contribution in [-0.4, -0.2) is 49.4 Å². The zero-order valence-electron chi connectivity index (χ0n) is 18.3. The summed E-state index contributed by atoms with van der Waals surface area (Å²) in [4.78, 5) is 38.0. The topological polar surface area (TPSA) is 97.0 Å². The maximum Gasteiger partial charge on any atom is 0.258 e. The normalized spacial score (nSPS) is 15.2. The van der Waals surface area contributed by atoms with E-state index in [2.05, 4.69) is 10.6 Å². The molecular formula is C24H25N3O5. The highest BCUT2D eigenvalue weighted by Gasteiger charge is 2.29. The van der Waals surface area contributed by atoms with Gasteiger partial charge in [0.15, 0.2) is 17.3 Å². The molecule has 4 rings (SSSR count). The predicted octanol–water partition coefficient (Wildman–Crippen LogP) is 2.90. The summed E-state index contributed by atoms with van der Waals surface area (Å²) in [6, 6.07) is 10.7. The van der Waals surface area contributed by atoms with E-state index in [1.807, 2.05) is 18.2 Å². The number of carbonyl (C=O) groups excluding carboxylic acids is 3. The van der Waals surface area contributed by atoms with Crippen molar-refractivity contribution in [2.75, 3.05) is 32.2 Å². The number of anilines is 1. The summed E-state index contributed by atoms with van der Waals surface area (Å²) in [5, 5.41) is 6.27. The van der Waals surface area contributed by atoms with E-state index in [1.165, 1.54) is 13.8 Å². The smallest absolute Gasteiger partial charge is 0.258 e. The average Bonchev–Trinajstić information content (AvgIpc) is 3.36. The Labute approximate surface area is 186 Å². The van der Waals surface area contributed by atoms with Crippen LogP contribution < -0.4 is 20.1 Å². The van der Waals surface area contributed by atoms with Crippen molar-refractivity contribution in [2.45, 2.75) is 20.3 Å². The number of ketones is 1. The second-order valence-corrected chi connectivity index (χ2v) is 7.81. The lowest BCUT2D eigenvalue weighted by Gasteiger charge is -2.18. The molecule has 2 aliphatic heterocycles. The van der Waals surface area contributed by atoms with Gasteiger partial charge in [-0.15, -0.1) is 0 Å². The molecule has 0 fully saturated rings. The van der Waals surface area contributed by atoms with E-state index in [9.17, 15) is 14.4 Å². The van der Waals surface area contributed by atoms with Crippen LogP contribution >= 0.6 is 0 Å². The average molecular weight is 435 g/mol. The van der Waals surface area contributed by atoms with Gasteiger partial charge in [0.2, 0.25) is 12.7 Å². The van der Waals surface area contributed by atoms with Crippen LogP contribution in [0.15, 0.2) is 36.4 Å². The molecular weight excluding hydrogens is 410 g/mol. The van der Waals surface area contributed by atoms with Crippen molar-refractivity contribution in [1.29, 1.82) is 0 Å². The first kappa shape index (κ1) is 21.4. The molecule has 0 aliphatic carbocycles. The number of nitrogens with one attached hydrogen (secondary N) is 2. The van der Waals surface area contributed by atoms with Gasteiger partial charge < -0.3 is 25.0 Å². The summed E-state index contributed by atoms with van der Waals surface area (Å²) >= 11 is 0. The van der Waals surface area contributed by atoms with Crippen LogP contribution in [0.2, 0.25) is 0 Å². The van der Waals surface area contributed by atoms with E-state index >= 15 is 0 Å². The van der Waals surface area contributed by atoms with E-state index in [0.717, 1.165) is 5.56 Å². The Kier molecular flexibility index (Phi) is 5.85. The molecule has 8 nitrogen and oxygen atoms in total. The van der Waals surface area contributed by atoms with Crippen molar-refractivity contribution < 1.29 is 23.9 Å². The monoisotopic (exact) mass is 435 g/mol. The fraction of sp³-hybridized carbons (Fsp3) is 0.292. The van der Waals surface area contributed by atoms with E-state index in [0.29, 0.717) is 59.1 Å². The maximum absolute atomic E-state index is 13.0. The SMILES string of the molecule is CC(=O)c1ccc2c(c1)C(=C(NCCCN(C)C(C)=O)c1ccc3c(c1)OCO3)C(=O)N2. The summed E-state index contributed by atoms with van der Waals surface area (Å²) in [5.41, 5.74) is 3.72. The Bertz CT molecular complexity index is 1140. The third-order valence-electron chi connectivity index (χ3n) is 5.59. The standard InChI is InChI=1S/C24H25N3O5/c1-14(28)16-5-7-19-18(11-16)22(24(30)26-19)23(25-9-4-10-27(3)15(2)29)17-6-8-20-21(12-17)32-13-31-20/h5-8,11-12,25H,4,9-10,13H2,1-3H3,(H,26,30). The molecule has 2 aromatic carbocycles. The molecule has 0 bridgehead atoms. The molecule has 2 aromatic rings. The van der Waals surface area contributed by atoms with Gasteiger partial charge >= 0.3 is 0 Å². The molecule has 2 aliphatic rings. The van der Waals surface area contributed by atoms with Gasteiger partial charge in [0.1, 0.15) is 0 Å². The number of Topliss-reactive ketones (excluding diaryl/α,β-unsaturated/α-hetero) is 1. The molecule has 0 unspecified atom stereocenters. The van der Waals surface area contributed by atoms with Crippen LogP contribution in [0, 0.1) is 0 Å². The van der Waals surface area contributed by atoms with Crippen molar-refractivity contribution in [3.05, 3.63) is 53.1 Å². The molecule has 0 saturated carbocycles. The molecule has 0 atom stereocenters. The first-order valence-electron chi connectivity index (χ1n) is 10.4. The minimum absolute atomic E-state index is 0.000194. The number of benzene rings is 2. The summed E-state index contributed by atoms with van der Waals surface area (Å²) < 4.78 is 10.9. The molecule has 2 heterocycles. The fourth-order valence-corrected chi connectivity index (χ4v) is 3.71. The first-order valence-corrected chi connectivity index (χ1v) is 10.4. The van der Waals surface area contributed by atoms with Gasteiger partial charge in [-0.05, 0) is 49.7 Å². The number of fused-ring (bicyclic) bond motifs is 2. The summed E-state index contributed by atoms with van der Waals surface area (Å²) in [6.07, 6.45) is 0.694. The molecule has 0 aromatic heterocycles. The summed E-state index contributed by atoms with van der Waals surface area (Å²) in [5.74, 6) is 0.935. The van der Waals surface area contributed by atoms with Gasteiger partial charge in [-0.25, -0.2) is 0 Å². The van der Waals surface area contributed by atoms with Gasteiger partial charge in [-0.1, -0.05) is 0 Å². The van der Waals surface area contributed by atoms with Crippen molar-refractivity contribution in [2.24, 2.45) is 0 Å². The highest BCUT2D eigenvalue weighted by Crippen LogP contribution is 2.39. The van der Waals surface area contributed by atoms with Crippen molar-refractivity contribution in [3.8, 4) is 11.5 Å². The van der Waals surface area contributed by atoms with Crippen LogP contribution in [0.4, 0.5) is 5.69 Å². The largest absolute Gasteiger partial charge is 0.454 e. The van der Waals surface area contributed by atoms with Crippen LogP contribution in [0.1, 0.15) is 41.8 Å². The molecule has 166 valence electrons. The molecule has 0 saturated heterocycles. The number of amides is 2. The predicted molar refractivity (Wildman–Crippen MR) is 120 cm³/mol. The molecule has 0 radical (unpaired) electrons. The van der Waals surface area contributed by atoms with Crippen molar-refractivity contribution in [1.82, 2.24) is 10.2 Å². The lowest BCUT2D eigenvalue weighted by Crippen LogP contribution is -2.27. The third-order valence-corrected chi connectivity index (χ3v) is 5.59. The number of hydrogen-bond acceptors (Lipinski definition) is 6. The van der Waals surface area contributed by atoms with Gasteiger partial charge in [-0.2, -0.15) is 0 Å². The van der Waals surface area contributed by atoms with Crippen molar-refractivity contribution >= 4 is 34.6 Å². The molecule has 2 N–H and O–H groups in total. The zero-order chi connectivity index (χ0) is 22.8. The van der Waals surface area contributed by atoms with Gasteiger partial charge in [0.25, 0.3) is 5.91 Å². The van der Waals surface area contributed by atoms with E-state index < -0.39 is 0 Å². The lowest BCUT2D eigenvalue weighted by atomic mass is 9.97. The second-order valence-electron chi connectivity index (χ2n) is 7.81.